The summed E-state index contributed by atoms with van der Waals surface area (Å²) in [6, 6.07) is 23.9. The van der Waals surface area contributed by atoms with E-state index in [0.29, 0.717) is 39.2 Å². The minimum atomic E-state index is -0.182. The lowest BCUT2D eigenvalue weighted by Crippen LogP contribution is -2.15. The minimum Gasteiger partial charge on any atom is -0.338 e. The number of H-pyrrole nitrogens is 2. The molecule has 0 atom stereocenters. The van der Waals surface area contributed by atoms with Crippen molar-refractivity contribution >= 4 is 16.8 Å². The maximum atomic E-state index is 13.0. The molecule has 0 unspecified atom stereocenters. The summed E-state index contributed by atoms with van der Waals surface area (Å²) in [5.74, 6) is 0.417. The van der Waals surface area contributed by atoms with Crippen LogP contribution in [0.2, 0.25) is 0 Å². The number of rotatable bonds is 4. The third kappa shape index (κ3) is 2.95. The lowest BCUT2D eigenvalue weighted by Gasteiger charge is -2.00. The van der Waals surface area contributed by atoms with Gasteiger partial charge in [-0.25, -0.2) is 9.67 Å². The summed E-state index contributed by atoms with van der Waals surface area (Å²) in [6.07, 6.45) is 0. The van der Waals surface area contributed by atoms with E-state index < -0.39 is 0 Å². The molecule has 2 N–H and O–H groups in total. The molecule has 0 spiro atoms. The minimum absolute atomic E-state index is 0.0575. The predicted molar refractivity (Wildman–Crippen MR) is 116 cm³/mol. The number of nitrogens with zero attached hydrogens (tertiary/aromatic N) is 2. The van der Waals surface area contributed by atoms with Crippen molar-refractivity contribution in [3.05, 3.63) is 106 Å². The van der Waals surface area contributed by atoms with E-state index in [2.05, 4.69) is 15.1 Å². The number of imidazole rings is 1. The van der Waals surface area contributed by atoms with Gasteiger partial charge in [-0.05, 0) is 37.3 Å². The summed E-state index contributed by atoms with van der Waals surface area (Å²) >= 11 is 0. The van der Waals surface area contributed by atoms with Crippen molar-refractivity contribution in [3.63, 3.8) is 0 Å². The third-order valence-corrected chi connectivity index (χ3v) is 5.10. The van der Waals surface area contributed by atoms with Crippen molar-refractivity contribution in [2.45, 2.75) is 6.92 Å². The van der Waals surface area contributed by atoms with Gasteiger partial charge in [-0.1, -0.05) is 48.5 Å². The molecule has 0 saturated carbocycles. The number of fused-ring (bicyclic) bond motifs is 1. The second kappa shape index (κ2) is 7.00. The maximum absolute atomic E-state index is 13.0. The summed E-state index contributed by atoms with van der Waals surface area (Å²) < 4.78 is 1.50. The molecule has 0 aliphatic heterocycles. The van der Waals surface area contributed by atoms with E-state index in [4.69, 9.17) is 0 Å². The summed E-state index contributed by atoms with van der Waals surface area (Å²) in [6.45, 7) is 1.84. The normalized spacial score (nSPS) is 11.1. The molecule has 0 aliphatic carbocycles. The van der Waals surface area contributed by atoms with Gasteiger partial charge in [-0.2, -0.15) is 0 Å². The highest BCUT2D eigenvalue weighted by Crippen LogP contribution is 2.23. The number of para-hydroxylation sites is 1. The van der Waals surface area contributed by atoms with Crippen LogP contribution in [0.25, 0.3) is 28.1 Å². The van der Waals surface area contributed by atoms with Crippen LogP contribution in [-0.2, 0) is 0 Å². The van der Waals surface area contributed by atoms with Crippen LogP contribution >= 0.6 is 0 Å². The lowest BCUT2D eigenvalue weighted by atomic mass is 10.0. The number of ketones is 1. The first kappa shape index (κ1) is 17.9. The highest BCUT2D eigenvalue weighted by Gasteiger charge is 2.18. The molecule has 0 aliphatic rings. The number of nitrogens with one attached hydrogen (secondary N) is 2. The Hall–Kier alpha value is -4.19. The van der Waals surface area contributed by atoms with Gasteiger partial charge in [0.15, 0.2) is 5.78 Å². The molecule has 6 nitrogen and oxygen atoms in total. The number of aryl methyl sites for hydroxylation is 1. The molecule has 0 fully saturated rings. The van der Waals surface area contributed by atoms with Crippen LogP contribution in [0.3, 0.4) is 0 Å². The summed E-state index contributed by atoms with van der Waals surface area (Å²) in [5.41, 5.74) is 4.36. The van der Waals surface area contributed by atoms with Crippen molar-refractivity contribution in [3.8, 4) is 17.1 Å². The van der Waals surface area contributed by atoms with E-state index >= 15 is 0 Å². The molecule has 6 heteroatoms. The zero-order valence-electron chi connectivity index (χ0n) is 16.2. The number of hydrogen-bond donors (Lipinski definition) is 2. The molecular formula is C24H18N4O2. The van der Waals surface area contributed by atoms with Gasteiger partial charge in [-0.15, -0.1) is 0 Å². The van der Waals surface area contributed by atoms with Gasteiger partial charge in [-0.3, -0.25) is 14.7 Å². The van der Waals surface area contributed by atoms with Crippen molar-refractivity contribution in [1.82, 2.24) is 19.7 Å². The Morgan fingerprint density at radius 3 is 2.33 bits per heavy atom. The fraction of sp³-hybridized carbons (Fsp3) is 0.0417. The van der Waals surface area contributed by atoms with Crippen LogP contribution in [0.1, 0.15) is 21.6 Å². The van der Waals surface area contributed by atoms with Gasteiger partial charge in [0.25, 0.3) is 5.56 Å². The van der Waals surface area contributed by atoms with E-state index in [9.17, 15) is 9.59 Å². The van der Waals surface area contributed by atoms with Crippen molar-refractivity contribution in [2.24, 2.45) is 0 Å². The molecular weight excluding hydrogens is 376 g/mol. The van der Waals surface area contributed by atoms with E-state index in [1.807, 2.05) is 55.5 Å². The number of aromatic amines is 2. The topological polar surface area (TPSA) is 83.5 Å². The molecule has 3 aromatic carbocycles. The Morgan fingerprint density at radius 2 is 1.60 bits per heavy atom. The molecule has 2 heterocycles. The van der Waals surface area contributed by atoms with Crippen LogP contribution < -0.4 is 5.56 Å². The number of benzene rings is 3. The molecule has 5 rings (SSSR count). The summed E-state index contributed by atoms with van der Waals surface area (Å²) in [7, 11) is 0. The summed E-state index contributed by atoms with van der Waals surface area (Å²) in [4.78, 5) is 33.6. The Bertz CT molecular complexity index is 1430. The highest BCUT2D eigenvalue weighted by molar-refractivity contribution is 6.10. The van der Waals surface area contributed by atoms with Gasteiger partial charge >= 0.3 is 0 Å². The quantitative estimate of drug-likeness (QED) is 0.447. The average Bonchev–Trinajstić information content (AvgIpc) is 3.33. The molecule has 2 aromatic heterocycles. The Labute approximate surface area is 171 Å². The van der Waals surface area contributed by atoms with Gasteiger partial charge in [0.1, 0.15) is 11.4 Å². The second-order valence-electron chi connectivity index (χ2n) is 7.10. The van der Waals surface area contributed by atoms with Crippen LogP contribution in [0, 0.1) is 6.92 Å². The SMILES string of the molecule is Cc1[nH]n(-c2ccccc2)c(=O)c1-c1nc2ccc(C(=O)c3ccccc3)cc2[nH]1. The molecule has 0 bridgehead atoms. The summed E-state index contributed by atoms with van der Waals surface area (Å²) in [5, 5.41) is 3.11. The third-order valence-electron chi connectivity index (χ3n) is 5.10. The first-order valence-corrected chi connectivity index (χ1v) is 9.59. The van der Waals surface area contributed by atoms with Crippen LogP contribution in [-0.4, -0.2) is 25.5 Å². The largest absolute Gasteiger partial charge is 0.338 e. The van der Waals surface area contributed by atoms with E-state index in [0.717, 1.165) is 5.69 Å². The zero-order valence-corrected chi connectivity index (χ0v) is 16.2. The van der Waals surface area contributed by atoms with Crippen molar-refractivity contribution in [2.75, 3.05) is 0 Å². The van der Waals surface area contributed by atoms with Crippen molar-refractivity contribution < 1.29 is 4.79 Å². The monoisotopic (exact) mass is 394 g/mol. The predicted octanol–water partition coefficient (Wildman–Crippen LogP) is 4.25. The number of carbonyl (C=O) groups excluding carboxylic acids is 1. The van der Waals surface area contributed by atoms with E-state index in [-0.39, 0.29) is 11.3 Å². The van der Waals surface area contributed by atoms with E-state index in [1.165, 1.54) is 4.68 Å². The fourth-order valence-electron chi connectivity index (χ4n) is 3.61. The Balaban J connectivity index is 1.58. The maximum Gasteiger partial charge on any atom is 0.282 e. The van der Waals surface area contributed by atoms with Crippen molar-refractivity contribution in [1.29, 1.82) is 0 Å². The van der Waals surface area contributed by atoms with E-state index in [1.54, 1.807) is 30.3 Å². The standard InChI is InChI=1S/C24H18N4O2/c1-15-21(24(30)28(27-15)18-10-6-3-7-11-18)23-25-19-13-12-17(14-20(19)26-23)22(29)16-8-4-2-5-9-16/h2-14,27H,1H3,(H,25,26). The molecule has 0 saturated heterocycles. The Kier molecular flexibility index (Phi) is 4.17. The molecule has 30 heavy (non-hydrogen) atoms. The average molecular weight is 394 g/mol. The molecule has 5 aromatic rings. The first-order valence-electron chi connectivity index (χ1n) is 9.59. The van der Waals surface area contributed by atoms with Crippen LogP contribution in [0.15, 0.2) is 83.7 Å². The van der Waals surface area contributed by atoms with Gasteiger partial charge in [0.2, 0.25) is 0 Å². The highest BCUT2D eigenvalue weighted by atomic mass is 16.1. The molecule has 0 radical (unpaired) electrons. The van der Waals surface area contributed by atoms with Gasteiger partial charge in [0, 0.05) is 16.8 Å². The molecule has 146 valence electrons. The first-order chi connectivity index (χ1) is 14.6. The smallest absolute Gasteiger partial charge is 0.282 e. The van der Waals surface area contributed by atoms with Crippen LogP contribution in [0.5, 0.6) is 0 Å². The number of carbonyl (C=O) groups is 1. The number of aromatic nitrogens is 4. The number of hydrogen-bond acceptors (Lipinski definition) is 3. The second-order valence-corrected chi connectivity index (χ2v) is 7.10. The zero-order chi connectivity index (χ0) is 20.7. The lowest BCUT2D eigenvalue weighted by molar-refractivity contribution is 0.103. The molecule has 0 amide bonds. The fourth-order valence-corrected chi connectivity index (χ4v) is 3.61. The Morgan fingerprint density at radius 1 is 0.900 bits per heavy atom. The van der Waals surface area contributed by atoms with Crippen LogP contribution in [0.4, 0.5) is 0 Å². The van der Waals surface area contributed by atoms with Gasteiger partial charge < -0.3 is 4.98 Å². The van der Waals surface area contributed by atoms with Gasteiger partial charge in [0.05, 0.1) is 16.7 Å².